The smallest absolute Gasteiger partial charge is 0.417 e. The van der Waals surface area contributed by atoms with Crippen molar-refractivity contribution >= 4 is 46.8 Å². The topological polar surface area (TPSA) is 98.7 Å². The highest BCUT2D eigenvalue weighted by molar-refractivity contribution is 6.31. The summed E-state index contributed by atoms with van der Waals surface area (Å²) in [4.78, 5) is 37.4. The van der Waals surface area contributed by atoms with Gasteiger partial charge in [-0.25, -0.2) is 4.79 Å². The molecule has 0 saturated heterocycles. The number of amides is 3. The zero-order valence-corrected chi connectivity index (χ0v) is 21.9. The Morgan fingerprint density at radius 2 is 1.64 bits per heavy atom. The fraction of sp³-hybridized carbons (Fsp3) is 0.222. The van der Waals surface area contributed by atoms with Gasteiger partial charge < -0.3 is 20.6 Å². The lowest BCUT2D eigenvalue weighted by Crippen LogP contribution is -2.36. The third-order valence-corrected chi connectivity index (χ3v) is 6.15. The molecule has 0 aliphatic rings. The van der Waals surface area contributed by atoms with Crippen LogP contribution in [0.2, 0.25) is 10.0 Å². The molecule has 0 atom stereocenters. The zero-order chi connectivity index (χ0) is 28.6. The van der Waals surface area contributed by atoms with Crippen LogP contribution in [0.1, 0.15) is 33.5 Å². The maximum atomic E-state index is 13.3. The summed E-state index contributed by atoms with van der Waals surface area (Å²) in [5, 5.41) is 13.7. The van der Waals surface area contributed by atoms with Crippen LogP contribution < -0.4 is 10.6 Å². The minimum Gasteiger partial charge on any atom is -0.481 e. The SMILES string of the molecule is O=C(O)CCNC(=O)c1ccc(CN(CCc2cccc(Cl)c2)C(=O)Nc2ccc(Cl)c(C(F)(F)F)c2)cc1. The summed E-state index contributed by atoms with van der Waals surface area (Å²) in [5.41, 5.74) is 0.687. The van der Waals surface area contributed by atoms with E-state index in [-0.39, 0.29) is 31.7 Å². The van der Waals surface area contributed by atoms with Crippen molar-refractivity contribution in [2.24, 2.45) is 0 Å². The number of carboxylic acid groups (broad SMARTS) is 1. The van der Waals surface area contributed by atoms with E-state index in [4.69, 9.17) is 28.3 Å². The van der Waals surface area contributed by atoms with Crippen LogP contribution in [0.25, 0.3) is 0 Å². The van der Waals surface area contributed by atoms with E-state index in [0.29, 0.717) is 22.6 Å². The molecule has 0 unspecified atom stereocenters. The molecule has 0 aliphatic carbocycles. The first-order valence-corrected chi connectivity index (χ1v) is 12.4. The Bertz CT molecular complexity index is 1330. The maximum Gasteiger partial charge on any atom is 0.417 e. The second kappa shape index (κ2) is 13.3. The van der Waals surface area contributed by atoms with E-state index in [1.807, 2.05) is 6.07 Å². The number of hydrogen-bond acceptors (Lipinski definition) is 3. The number of hydrogen-bond donors (Lipinski definition) is 3. The highest BCUT2D eigenvalue weighted by atomic mass is 35.5. The minimum atomic E-state index is -4.69. The third kappa shape index (κ3) is 9.19. The Morgan fingerprint density at radius 1 is 0.923 bits per heavy atom. The second-order valence-electron chi connectivity index (χ2n) is 8.52. The van der Waals surface area contributed by atoms with E-state index in [9.17, 15) is 27.6 Å². The van der Waals surface area contributed by atoms with Gasteiger partial charge in [-0.1, -0.05) is 47.5 Å². The molecule has 39 heavy (non-hydrogen) atoms. The number of urea groups is 1. The highest BCUT2D eigenvalue weighted by Gasteiger charge is 2.33. The number of carboxylic acids is 1. The fourth-order valence-corrected chi connectivity index (χ4v) is 4.04. The predicted molar refractivity (Wildman–Crippen MR) is 142 cm³/mol. The summed E-state index contributed by atoms with van der Waals surface area (Å²) in [6.07, 6.45) is -4.48. The fourth-order valence-electron chi connectivity index (χ4n) is 3.60. The summed E-state index contributed by atoms with van der Waals surface area (Å²) >= 11 is 11.7. The van der Waals surface area contributed by atoms with Gasteiger partial charge in [0.25, 0.3) is 5.91 Å². The highest BCUT2D eigenvalue weighted by Crippen LogP contribution is 2.36. The lowest BCUT2D eigenvalue weighted by molar-refractivity contribution is -0.138. The molecule has 12 heteroatoms. The quantitative estimate of drug-likeness (QED) is 0.255. The van der Waals surface area contributed by atoms with Crippen molar-refractivity contribution in [3.63, 3.8) is 0 Å². The lowest BCUT2D eigenvalue weighted by atomic mass is 10.1. The van der Waals surface area contributed by atoms with Crippen molar-refractivity contribution < 1.29 is 32.7 Å². The Labute approximate surface area is 232 Å². The minimum absolute atomic E-state index is 0.0197. The van der Waals surface area contributed by atoms with Crippen LogP contribution in [0.4, 0.5) is 23.7 Å². The van der Waals surface area contributed by atoms with Crippen molar-refractivity contribution in [2.75, 3.05) is 18.4 Å². The molecule has 0 radical (unpaired) electrons. The molecule has 0 heterocycles. The summed E-state index contributed by atoms with van der Waals surface area (Å²) in [6.45, 7) is 0.282. The Balaban J connectivity index is 1.76. The van der Waals surface area contributed by atoms with Crippen molar-refractivity contribution in [3.05, 3.63) is 99.0 Å². The van der Waals surface area contributed by atoms with Crippen LogP contribution in [0.5, 0.6) is 0 Å². The number of carbonyl (C=O) groups excluding carboxylic acids is 2. The van der Waals surface area contributed by atoms with Gasteiger partial charge in [0.05, 0.1) is 17.0 Å². The second-order valence-corrected chi connectivity index (χ2v) is 9.36. The van der Waals surface area contributed by atoms with E-state index < -0.39 is 34.7 Å². The average Bonchev–Trinajstić information content (AvgIpc) is 2.87. The molecule has 206 valence electrons. The predicted octanol–water partition coefficient (Wildman–Crippen LogP) is 6.49. The number of aliphatic carboxylic acids is 1. The van der Waals surface area contributed by atoms with Gasteiger partial charge in [-0.05, 0) is 60.0 Å². The number of halogens is 5. The number of rotatable bonds is 10. The van der Waals surface area contributed by atoms with E-state index in [1.54, 1.807) is 30.3 Å². The first-order chi connectivity index (χ1) is 18.4. The van der Waals surface area contributed by atoms with Crippen LogP contribution >= 0.6 is 23.2 Å². The number of anilines is 1. The largest absolute Gasteiger partial charge is 0.481 e. The molecule has 0 fully saturated rings. The third-order valence-electron chi connectivity index (χ3n) is 5.58. The molecular formula is C27H24Cl2F3N3O4. The van der Waals surface area contributed by atoms with Gasteiger partial charge in [-0.15, -0.1) is 0 Å². The molecule has 3 N–H and O–H groups in total. The molecule has 3 aromatic carbocycles. The van der Waals surface area contributed by atoms with Gasteiger partial charge in [-0.3, -0.25) is 9.59 Å². The molecule has 3 amide bonds. The van der Waals surface area contributed by atoms with Gasteiger partial charge in [-0.2, -0.15) is 13.2 Å². The van der Waals surface area contributed by atoms with Crippen LogP contribution in [0.15, 0.2) is 66.7 Å². The van der Waals surface area contributed by atoms with Gasteiger partial charge in [0.1, 0.15) is 0 Å². The Morgan fingerprint density at radius 3 is 2.28 bits per heavy atom. The average molecular weight is 582 g/mol. The van der Waals surface area contributed by atoms with Gasteiger partial charge in [0.15, 0.2) is 0 Å². The van der Waals surface area contributed by atoms with E-state index in [1.165, 1.54) is 23.1 Å². The van der Waals surface area contributed by atoms with E-state index in [0.717, 1.165) is 17.7 Å². The molecular weight excluding hydrogens is 558 g/mol. The van der Waals surface area contributed by atoms with Crippen molar-refractivity contribution in [2.45, 2.75) is 25.6 Å². The molecule has 0 saturated carbocycles. The standard InChI is InChI=1S/C27H24Cl2F3N3O4/c28-20-3-1-2-17(14-20)11-13-35(26(39)34-21-8-9-23(29)22(15-21)27(30,31)32)16-18-4-6-19(7-5-18)25(38)33-12-10-24(36)37/h1-9,14-15H,10-13,16H2,(H,33,38)(H,34,39)(H,36,37). The molecule has 3 aromatic rings. The molecule has 0 bridgehead atoms. The number of nitrogens with zero attached hydrogens (tertiary/aromatic N) is 1. The van der Waals surface area contributed by atoms with Crippen LogP contribution in [-0.4, -0.2) is 41.0 Å². The zero-order valence-electron chi connectivity index (χ0n) is 20.4. The van der Waals surface area contributed by atoms with Gasteiger partial charge in [0, 0.05) is 35.9 Å². The normalized spacial score (nSPS) is 11.1. The van der Waals surface area contributed by atoms with Crippen LogP contribution in [0.3, 0.4) is 0 Å². The number of benzene rings is 3. The molecule has 3 rings (SSSR count). The van der Waals surface area contributed by atoms with E-state index >= 15 is 0 Å². The van der Waals surface area contributed by atoms with Gasteiger partial charge in [0.2, 0.25) is 0 Å². The first-order valence-electron chi connectivity index (χ1n) is 11.7. The van der Waals surface area contributed by atoms with Crippen LogP contribution in [0, 0.1) is 0 Å². The number of alkyl halides is 3. The maximum absolute atomic E-state index is 13.3. The number of nitrogens with one attached hydrogen (secondary N) is 2. The summed E-state index contributed by atoms with van der Waals surface area (Å²) in [5.74, 6) is -1.48. The van der Waals surface area contributed by atoms with Crippen molar-refractivity contribution in [1.82, 2.24) is 10.2 Å². The Hall–Kier alpha value is -3.76. The van der Waals surface area contributed by atoms with Crippen LogP contribution in [-0.2, 0) is 23.9 Å². The molecule has 0 spiro atoms. The summed E-state index contributed by atoms with van der Waals surface area (Å²) in [7, 11) is 0. The summed E-state index contributed by atoms with van der Waals surface area (Å²) < 4.78 is 39.8. The lowest BCUT2D eigenvalue weighted by Gasteiger charge is -2.24. The first kappa shape index (κ1) is 29.8. The van der Waals surface area contributed by atoms with E-state index in [2.05, 4.69) is 10.6 Å². The summed E-state index contributed by atoms with van der Waals surface area (Å²) in [6, 6.07) is 15.9. The van der Waals surface area contributed by atoms with Crippen molar-refractivity contribution in [3.8, 4) is 0 Å². The molecule has 7 nitrogen and oxygen atoms in total. The monoisotopic (exact) mass is 581 g/mol. The molecule has 0 aromatic heterocycles. The number of carbonyl (C=O) groups is 3. The van der Waals surface area contributed by atoms with Crippen molar-refractivity contribution in [1.29, 1.82) is 0 Å². The Kier molecular flexibility index (Phi) is 10.2. The van der Waals surface area contributed by atoms with Gasteiger partial charge >= 0.3 is 18.2 Å². The molecule has 0 aliphatic heterocycles.